The maximum atomic E-state index is 11.6. The minimum Gasteiger partial charge on any atom is -0.466 e. The summed E-state index contributed by atoms with van der Waals surface area (Å²) in [5.74, 6) is -1.21. The third-order valence-corrected chi connectivity index (χ3v) is 4.08. The van der Waals surface area contributed by atoms with E-state index in [4.69, 9.17) is 10.5 Å². The third kappa shape index (κ3) is 10.5. The molecule has 0 aliphatic heterocycles. The van der Waals surface area contributed by atoms with Gasteiger partial charge in [0.2, 0.25) is 5.91 Å². The van der Waals surface area contributed by atoms with Crippen LogP contribution < -0.4 is 5.73 Å². The summed E-state index contributed by atoms with van der Waals surface area (Å²) < 4.78 is 27.9. The zero-order valence-electron chi connectivity index (χ0n) is 11.4. The lowest BCUT2D eigenvalue weighted by molar-refractivity contribution is -0.143. The first-order valence-electron chi connectivity index (χ1n) is 6.09. The fourth-order valence-corrected chi connectivity index (χ4v) is 2.59. The fourth-order valence-electron chi connectivity index (χ4n) is 1.28. The number of carbonyl (C=O) groups excluding carboxylic acids is 2. The molecule has 0 aromatic heterocycles. The molecule has 0 saturated heterocycles. The second-order valence-electron chi connectivity index (χ2n) is 4.23. The Morgan fingerprint density at radius 1 is 1.16 bits per heavy atom. The van der Waals surface area contributed by atoms with Crippen LogP contribution in [0.2, 0.25) is 0 Å². The van der Waals surface area contributed by atoms with E-state index < -0.39 is 15.7 Å². The third-order valence-electron chi connectivity index (χ3n) is 2.45. The van der Waals surface area contributed by atoms with Crippen LogP contribution in [-0.2, 0) is 24.2 Å². The summed E-state index contributed by atoms with van der Waals surface area (Å²) in [5.41, 5.74) is 4.90. The number of nitrogens with zero attached hydrogens (tertiary/aromatic N) is 1. The standard InChI is InChI=1S/C11H22N2O5S/c1-3-18-11(15)4-6-13(2)7-9-19(16,17)8-5-10(12)14/h3-9H2,1-2H3,(H2,12,14). The van der Waals surface area contributed by atoms with Crippen LogP contribution in [0.4, 0.5) is 0 Å². The van der Waals surface area contributed by atoms with Gasteiger partial charge in [0.15, 0.2) is 9.84 Å². The molecule has 0 radical (unpaired) electrons. The quantitative estimate of drug-likeness (QED) is 0.527. The SMILES string of the molecule is CCOC(=O)CCN(C)CCS(=O)(=O)CCC(N)=O. The van der Waals surface area contributed by atoms with E-state index in [1.165, 1.54) is 0 Å². The molecule has 0 aromatic carbocycles. The van der Waals surface area contributed by atoms with Gasteiger partial charge in [-0.3, -0.25) is 9.59 Å². The van der Waals surface area contributed by atoms with Crippen molar-refractivity contribution < 1.29 is 22.7 Å². The molecule has 0 spiro atoms. The Kier molecular flexibility index (Phi) is 8.33. The molecule has 8 heteroatoms. The van der Waals surface area contributed by atoms with Crippen LogP contribution in [0.15, 0.2) is 0 Å². The number of amides is 1. The number of ether oxygens (including phenoxy) is 1. The van der Waals surface area contributed by atoms with Gasteiger partial charge in [-0.1, -0.05) is 0 Å². The number of primary amides is 1. The predicted molar refractivity (Wildman–Crippen MR) is 71.2 cm³/mol. The highest BCUT2D eigenvalue weighted by molar-refractivity contribution is 7.91. The molecule has 112 valence electrons. The molecule has 7 nitrogen and oxygen atoms in total. The van der Waals surface area contributed by atoms with Crippen LogP contribution in [-0.4, -0.2) is 63.4 Å². The Balaban J connectivity index is 3.91. The number of esters is 1. The summed E-state index contributed by atoms with van der Waals surface area (Å²) in [6.07, 6.45) is 0.0700. The van der Waals surface area contributed by atoms with E-state index in [1.54, 1.807) is 18.9 Å². The predicted octanol–water partition coefficient (Wildman–Crippen LogP) is -0.838. The summed E-state index contributed by atoms with van der Waals surface area (Å²) in [6, 6.07) is 0. The van der Waals surface area contributed by atoms with E-state index in [0.717, 1.165) is 0 Å². The number of carbonyl (C=O) groups is 2. The molecular weight excluding hydrogens is 272 g/mol. The van der Waals surface area contributed by atoms with Crippen LogP contribution in [0.5, 0.6) is 0 Å². The minimum atomic E-state index is -3.28. The summed E-state index contributed by atoms with van der Waals surface area (Å²) in [5, 5.41) is 0. The molecule has 0 rings (SSSR count). The first-order valence-corrected chi connectivity index (χ1v) is 7.92. The van der Waals surface area contributed by atoms with Crippen molar-refractivity contribution in [3.8, 4) is 0 Å². The zero-order valence-corrected chi connectivity index (χ0v) is 12.2. The molecule has 0 heterocycles. The average molecular weight is 294 g/mol. The van der Waals surface area contributed by atoms with Crippen molar-refractivity contribution >= 4 is 21.7 Å². The lowest BCUT2D eigenvalue weighted by Gasteiger charge is -2.15. The molecule has 0 aliphatic carbocycles. The van der Waals surface area contributed by atoms with Crippen LogP contribution >= 0.6 is 0 Å². The monoisotopic (exact) mass is 294 g/mol. The normalized spacial score (nSPS) is 11.5. The van der Waals surface area contributed by atoms with Crippen molar-refractivity contribution in [3.63, 3.8) is 0 Å². The van der Waals surface area contributed by atoms with Gasteiger partial charge in [-0.15, -0.1) is 0 Å². The van der Waals surface area contributed by atoms with Crippen molar-refractivity contribution in [2.45, 2.75) is 19.8 Å². The van der Waals surface area contributed by atoms with Crippen molar-refractivity contribution in [2.24, 2.45) is 5.73 Å². The number of sulfone groups is 1. The van der Waals surface area contributed by atoms with E-state index >= 15 is 0 Å². The summed E-state index contributed by atoms with van der Waals surface area (Å²) >= 11 is 0. The van der Waals surface area contributed by atoms with E-state index in [2.05, 4.69) is 0 Å². The highest BCUT2D eigenvalue weighted by Crippen LogP contribution is 1.97. The molecule has 0 atom stereocenters. The van der Waals surface area contributed by atoms with E-state index in [0.29, 0.717) is 19.7 Å². The molecule has 1 amide bonds. The molecule has 0 saturated carbocycles. The van der Waals surface area contributed by atoms with Crippen molar-refractivity contribution in [3.05, 3.63) is 0 Å². The van der Waals surface area contributed by atoms with Gasteiger partial charge >= 0.3 is 5.97 Å². The van der Waals surface area contributed by atoms with Gasteiger partial charge in [-0.2, -0.15) is 0 Å². The summed E-state index contributed by atoms with van der Waals surface area (Å²) in [4.78, 5) is 23.4. The van der Waals surface area contributed by atoms with Crippen LogP contribution in [0.25, 0.3) is 0 Å². The molecule has 0 aliphatic rings. The van der Waals surface area contributed by atoms with Crippen molar-refractivity contribution in [1.29, 1.82) is 0 Å². The topological polar surface area (TPSA) is 107 Å². The van der Waals surface area contributed by atoms with E-state index in [9.17, 15) is 18.0 Å². The number of hydrogen-bond acceptors (Lipinski definition) is 6. The first-order chi connectivity index (χ1) is 8.76. The number of rotatable bonds is 10. The second-order valence-corrected chi connectivity index (χ2v) is 6.53. The number of nitrogens with two attached hydrogens (primary N) is 1. The smallest absolute Gasteiger partial charge is 0.307 e. The summed E-state index contributed by atoms with van der Waals surface area (Å²) in [6.45, 7) is 2.81. The zero-order chi connectivity index (χ0) is 14.9. The van der Waals surface area contributed by atoms with E-state index in [1.807, 2.05) is 0 Å². The molecule has 0 unspecified atom stereocenters. The van der Waals surface area contributed by atoms with Crippen LogP contribution in [0, 0.1) is 0 Å². The number of hydrogen-bond donors (Lipinski definition) is 1. The highest BCUT2D eigenvalue weighted by atomic mass is 32.2. The van der Waals surface area contributed by atoms with Gasteiger partial charge < -0.3 is 15.4 Å². The summed E-state index contributed by atoms with van der Waals surface area (Å²) in [7, 11) is -1.55. The molecule has 0 fully saturated rings. The average Bonchev–Trinajstić information content (AvgIpc) is 2.32. The minimum absolute atomic E-state index is 0.0559. The molecule has 19 heavy (non-hydrogen) atoms. The largest absolute Gasteiger partial charge is 0.466 e. The van der Waals surface area contributed by atoms with Crippen LogP contribution in [0.3, 0.4) is 0 Å². The molecule has 0 aromatic rings. The lowest BCUT2D eigenvalue weighted by atomic mass is 10.4. The molecule has 0 bridgehead atoms. The Labute approximate surface area is 114 Å². The van der Waals surface area contributed by atoms with Gasteiger partial charge in [0, 0.05) is 19.5 Å². The maximum absolute atomic E-state index is 11.6. The van der Waals surface area contributed by atoms with Gasteiger partial charge in [-0.25, -0.2) is 8.42 Å². The lowest BCUT2D eigenvalue weighted by Crippen LogP contribution is -2.29. The Morgan fingerprint density at radius 3 is 2.32 bits per heavy atom. The van der Waals surface area contributed by atoms with Gasteiger partial charge in [0.05, 0.1) is 24.5 Å². The van der Waals surface area contributed by atoms with Crippen molar-refractivity contribution in [1.82, 2.24) is 4.90 Å². The Hall–Kier alpha value is -1.15. The second kappa shape index (κ2) is 8.87. The fraction of sp³-hybridized carbons (Fsp3) is 0.818. The van der Waals surface area contributed by atoms with Gasteiger partial charge in [0.25, 0.3) is 0 Å². The van der Waals surface area contributed by atoms with E-state index in [-0.39, 0.29) is 30.3 Å². The van der Waals surface area contributed by atoms with Crippen LogP contribution in [0.1, 0.15) is 19.8 Å². The maximum Gasteiger partial charge on any atom is 0.307 e. The Morgan fingerprint density at radius 2 is 1.79 bits per heavy atom. The van der Waals surface area contributed by atoms with Gasteiger partial charge in [0.1, 0.15) is 0 Å². The molecular formula is C11H22N2O5S. The highest BCUT2D eigenvalue weighted by Gasteiger charge is 2.14. The first kappa shape index (κ1) is 17.8. The van der Waals surface area contributed by atoms with Crippen molar-refractivity contribution in [2.75, 3.05) is 38.2 Å². The van der Waals surface area contributed by atoms with Gasteiger partial charge in [-0.05, 0) is 14.0 Å². The molecule has 2 N–H and O–H groups in total. The Bertz CT molecular complexity index is 394.